The lowest BCUT2D eigenvalue weighted by molar-refractivity contribution is -0.150. The largest absolute Gasteiger partial charge is 0.540 e. The minimum Gasteiger partial charge on any atom is -0.462 e. The molecule has 2 atom stereocenters. The predicted molar refractivity (Wildman–Crippen MR) is 94.3 cm³/mol. The molecule has 144 valence electrons. The van der Waals surface area contributed by atoms with Crippen molar-refractivity contribution in [3.8, 4) is 0 Å². The first-order valence-corrected chi connectivity index (χ1v) is 9.74. The molecule has 0 saturated heterocycles. The van der Waals surface area contributed by atoms with Crippen LogP contribution in [0.25, 0.3) is 0 Å². The molecule has 0 rings (SSSR count). The van der Waals surface area contributed by atoms with Gasteiger partial charge in [0.25, 0.3) is 5.34 Å². The van der Waals surface area contributed by atoms with Gasteiger partial charge in [-0.3, -0.25) is 4.79 Å². The van der Waals surface area contributed by atoms with Gasteiger partial charge in [-0.25, -0.2) is 4.79 Å². The molecule has 0 aromatic rings. The number of esters is 2. The lowest BCUT2D eigenvalue weighted by atomic mass is 10.2. The van der Waals surface area contributed by atoms with Crippen LogP contribution < -0.4 is 0 Å². The Kier molecular flexibility index (Phi) is 12.3. The van der Waals surface area contributed by atoms with Crippen LogP contribution >= 0.6 is 8.03 Å². The number of unbranched alkanes of at least 4 members (excludes halogenated alkanes) is 2. The summed E-state index contributed by atoms with van der Waals surface area (Å²) in [6.45, 7) is 7.28. The number of rotatable bonds is 13. The molecule has 0 spiro atoms. The average Bonchev–Trinajstić information content (AvgIpc) is 2.60. The van der Waals surface area contributed by atoms with Gasteiger partial charge in [0.2, 0.25) is 0 Å². The second-order valence-corrected chi connectivity index (χ2v) is 7.28. The van der Waals surface area contributed by atoms with Crippen molar-refractivity contribution in [2.24, 2.45) is 0 Å². The number of carbonyl (C=O) groups excluding carboxylic acids is 2. The van der Waals surface area contributed by atoms with Gasteiger partial charge >= 0.3 is 20.0 Å². The summed E-state index contributed by atoms with van der Waals surface area (Å²) in [7, 11) is -2.39. The van der Waals surface area contributed by atoms with Crippen LogP contribution in [0.15, 0.2) is 11.6 Å². The summed E-state index contributed by atoms with van der Waals surface area (Å²) >= 11 is 0. The van der Waals surface area contributed by atoms with Crippen molar-refractivity contribution in [2.75, 3.05) is 19.8 Å². The molecule has 0 aromatic carbocycles. The maximum absolute atomic E-state index is 11.5. The fourth-order valence-electron chi connectivity index (χ4n) is 1.73. The molecule has 0 saturated carbocycles. The van der Waals surface area contributed by atoms with Crippen molar-refractivity contribution in [1.82, 2.24) is 0 Å². The monoisotopic (exact) mass is 377 g/mol. The van der Waals surface area contributed by atoms with Crippen LogP contribution in [-0.4, -0.2) is 42.0 Å². The van der Waals surface area contributed by atoms with E-state index >= 15 is 0 Å². The van der Waals surface area contributed by atoms with E-state index in [-0.39, 0.29) is 25.6 Å². The summed E-state index contributed by atoms with van der Waals surface area (Å²) in [5.41, 5.74) is 0.512. The Bertz CT molecular complexity index is 476. The Hall–Kier alpha value is -1.30. The first kappa shape index (κ1) is 23.7. The topological polar surface area (TPSA) is 99.1 Å². The predicted octanol–water partition coefficient (Wildman–Crippen LogP) is 3.48. The van der Waals surface area contributed by atoms with Crippen LogP contribution in [0.1, 0.15) is 59.8 Å². The molecule has 25 heavy (non-hydrogen) atoms. The summed E-state index contributed by atoms with van der Waals surface area (Å²) in [5.74, 6) is -0.751. The molecular formula is C17H30O7P+. The molecule has 0 aromatic heterocycles. The van der Waals surface area contributed by atoms with Gasteiger partial charge in [-0.15, -0.1) is 0 Å². The van der Waals surface area contributed by atoms with Crippen molar-refractivity contribution >= 4 is 20.0 Å². The Morgan fingerprint density at radius 3 is 2.32 bits per heavy atom. The summed E-state index contributed by atoms with van der Waals surface area (Å²) in [5, 5.41) is -1.00. The molecule has 2 unspecified atom stereocenters. The minimum atomic E-state index is -2.39. The number of hydrogen-bond donors (Lipinski definition) is 1. The molecule has 1 N–H and O–H groups in total. The van der Waals surface area contributed by atoms with E-state index in [1.165, 1.54) is 0 Å². The number of hydrogen-bond acceptors (Lipinski definition) is 6. The van der Waals surface area contributed by atoms with Crippen LogP contribution in [0.5, 0.6) is 0 Å². The van der Waals surface area contributed by atoms with E-state index in [4.69, 9.17) is 14.2 Å². The fourth-order valence-corrected chi connectivity index (χ4v) is 2.20. The highest BCUT2D eigenvalue weighted by molar-refractivity contribution is 7.39. The Morgan fingerprint density at radius 1 is 1.12 bits per heavy atom. The first-order chi connectivity index (χ1) is 11.8. The van der Waals surface area contributed by atoms with Gasteiger partial charge in [-0.1, -0.05) is 19.4 Å². The van der Waals surface area contributed by atoms with Gasteiger partial charge < -0.3 is 14.2 Å². The highest BCUT2D eigenvalue weighted by Crippen LogP contribution is 2.38. The standard InChI is InChI=1S/C17H29O7P/c1-5-14(3)16(19)23-13-12-22-15(18)10-8-7-9-11-24-17(4,6-2)25(20)21/h5H,6-13H2,1-4H3/p+1/b14-5+. The third-order valence-corrected chi connectivity index (χ3v) is 5.09. The van der Waals surface area contributed by atoms with Crippen molar-refractivity contribution < 1.29 is 33.3 Å². The van der Waals surface area contributed by atoms with Crippen molar-refractivity contribution in [3.63, 3.8) is 0 Å². The van der Waals surface area contributed by atoms with Crippen LogP contribution in [0.2, 0.25) is 0 Å². The number of allylic oxidation sites excluding steroid dienone is 1. The molecule has 0 bridgehead atoms. The number of ether oxygens (including phenoxy) is 3. The summed E-state index contributed by atoms with van der Waals surface area (Å²) in [4.78, 5) is 32.1. The van der Waals surface area contributed by atoms with Crippen LogP contribution in [0.3, 0.4) is 0 Å². The average molecular weight is 377 g/mol. The normalized spacial score (nSPS) is 14.6. The molecule has 0 radical (unpaired) electrons. The zero-order valence-corrected chi connectivity index (χ0v) is 16.5. The van der Waals surface area contributed by atoms with E-state index in [1.54, 1.807) is 33.8 Å². The van der Waals surface area contributed by atoms with Crippen LogP contribution in [-0.2, 0) is 28.4 Å². The van der Waals surface area contributed by atoms with Crippen molar-refractivity contribution in [3.05, 3.63) is 11.6 Å². The van der Waals surface area contributed by atoms with E-state index in [2.05, 4.69) is 0 Å². The molecule has 0 heterocycles. The van der Waals surface area contributed by atoms with Gasteiger partial charge in [0.05, 0.1) is 6.61 Å². The van der Waals surface area contributed by atoms with Gasteiger partial charge in [-0.05, 0) is 31.3 Å². The Labute approximate surface area is 150 Å². The molecule has 0 aliphatic heterocycles. The molecule has 0 aliphatic carbocycles. The highest BCUT2D eigenvalue weighted by atomic mass is 31.1. The zero-order chi connectivity index (χ0) is 19.3. The van der Waals surface area contributed by atoms with Crippen LogP contribution in [0.4, 0.5) is 0 Å². The van der Waals surface area contributed by atoms with Crippen molar-refractivity contribution in [2.45, 2.75) is 65.1 Å². The van der Waals surface area contributed by atoms with Gasteiger partial charge in [-0.2, -0.15) is 4.89 Å². The highest BCUT2D eigenvalue weighted by Gasteiger charge is 2.43. The lowest BCUT2D eigenvalue weighted by Crippen LogP contribution is -2.23. The molecular weight excluding hydrogens is 347 g/mol. The van der Waals surface area contributed by atoms with E-state index in [0.717, 1.165) is 6.42 Å². The zero-order valence-electron chi connectivity index (χ0n) is 15.6. The lowest BCUT2D eigenvalue weighted by Gasteiger charge is -2.15. The van der Waals surface area contributed by atoms with E-state index in [0.29, 0.717) is 31.4 Å². The van der Waals surface area contributed by atoms with Gasteiger partial charge in [0.1, 0.15) is 13.2 Å². The molecule has 8 heteroatoms. The minimum absolute atomic E-state index is 0.0402. The van der Waals surface area contributed by atoms with Gasteiger partial charge in [0, 0.05) is 25.3 Å². The summed E-state index contributed by atoms with van der Waals surface area (Å²) < 4.78 is 26.6. The summed E-state index contributed by atoms with van der Waals surface area (Å²) in [6.07, 6.45) is 4.50. The fraction of sp³-hybridized carbons (Fsp3) is 0.765. The smallest absolute Gasteiger partial charge is 0.462 e. The third-order valence-electron chi connectivity index (χ3n) is 3.83. The second-order valence-electron chi connectivity index (χ2n) is 5.79. The first-order valence-electron chi connectivity index (χ1n) is 8.52. The third kappa shape index (κ3) is 10.3. The molecule has 0 amide bonds. The maximum Gasteiger partial charge on any atom is 0.540 e. The van der Waals surface area contributed by atoms with E-state index in [1.807, 2.05) is 0 Å². The SMILES string of the molecule is C/C=C(\C)C(=O)OCCOC(=O)CCCCCOC(C)(CC)[P+](=O)O. The second kappa shape index (κ2) is 13.0. The Morgan fingerprint density at radius 2 is 1.76 bits per heavy atom. The molecule has 0 aliphatic rings. The van der Waals surface area contributed by atoms with E-state index in [9.17, 15) is 19.0 Å². The van der Waals surface area contributed by atoms with E-state index < -0.39 is 19.3 Å². The number of carbonyl (C=O) groups is 2. The molecule has 7 nitrogen and oxygen atoms in total. The molecule has 0 fully saturated rings. The maximum atomic E-state index is 11.5. The summed E-state index contributed by atoms with van der Waals surface area (Å²) in [6, 6.07) is 0. The van der Waals surface area contributed by atoms with Crippen molar-refractivity contribution in [1.29, 1.82) is 0 Å². The quantitative estimate of drug-likeness (QED) is 0.227. The Balaban J connectivity index is 3.68. The van der Waals surface area contributed by atoms with Gasteiger partial charge in [0.15, 0.2) is 0 Å². The van der Waals surface area contributed by atoms with Crippen LogP contribution in [0, 0.1) is 0 Å².